The molecule has 2 atom stereocenters. The van der Waals surface area contributed by atoms with Gasteiger partial charge < -0.3 is 10.2 Å². The van der Waals surface area contributed by atoms with Crippen molar-refractivity contribution >= 4 is 57.5 Å². The van der Waals surface area contributed by atoms with Crippen molar-refractivity contribution in [2.75, 3.05) is 0 Å². The van der Waals surface area contributed by atoms with Crippen molar-refractivity contribution < 1.29 is 29.4 Å². The monoisotopic (exact) mass is 722 g/mol. The predicted molar refractivity (Wildman–Crippen MR) is 210 cm³/mol. The van der Waals surface area contributed by atoms with Gasteiger partial charge in [-0.2, -0.15) is 0 Å². The van der Waals surface area contributed by atoms with Crippen molar-refractivity contribution in [3.63, 3.8) is 0 Å². The van der Waals surface area contributed by atoms with Crippen LogP contribution in [0, 0.1) is 0 Å². The maximum absolute atomic E-state index is 13.9. The number of carboxylic acids is 2. The smallest absolute Gasteiger partial charge is 0.303 e. The number of Topliss-reactive ketones (excluding diaryl/α,β-unsaturated/α-hetero) is 2. The Labute approximate surface area is 315 Å². The van der Waals surface area contributed by atoms with Gasteiger partial charge in [-0.3, -0.25) is 19.2 Å². The van der Waals surface area contributed by atoms with Crippen molar-refractivity contribution in [3.8, 4) is 22.5 Å². The van der Waals surface area contributed by atoms with Gasteiger partial charge in [0.1, 0.15) is 0 Å². The molecule has 2 N–H and O–H groups in total. The molecule has 2 unspecified atom stereocenters. The second-order valence-corrected chi connectivity index (χ2v) is 15.2. The lowest BCUT2D eigenvalue weighted by Gasteiger charge is -2.42. The average Bonchev–Trinajstić information content (AvgIpc) is 3.60. The van der Waals surface area contributed by atoms with E-state index in [0.717, 1.165) is 55.2 Å². The van der Waals surface area contributed by atoms with Crippen LogP contribution in [0.15, 0.2) is 97.1 Å². The SMILES string of the molecule is O=C(O)CCC1(CC2(CCC(=O)O)c3cc4ccccc4nc3-c3c2ccc2c3C(=O)CC=C2)c2cc3ccccc3nc2-c2c1ccc1c2C(=O)CC=C1. The fourth-order valence-corrected chi connectivity index (χ4v) is 10.1. The maximum atomic E-state index is 13.9. The molecule has 0 fully saturated rings. The highest BCUT2D eigenvalue weighted by molar-refractivity contribution is 6.12. The van der Waals surface area contributed by atoms with Crippen molar-refractivity contribution in [1.82, 2.24) is 9.97 Å². The number of aliphatic carboxylic acids is 2. The molecule has 268 valence electrons. The first kappa shape index (κ1) is 33.1. The van der Waals surface area contributed by atoms with E-state index >= 15 is 0 Å². The second-order valence-electron chi connectivity index (χ2n) is 15.2. The molecule has 0 aliphatic heterocycles. The fourth-order valence-electron chi connectivity index (χ4n) is 10.1. The molecule has 0 saturated heterocycles. The minimum absolute atomic E-state index is 0.0321. The number of fused-ring (bicyclic) bond motifs is 12. The lowest BCUT2D eigenvalue weighted by molar-refractivity contribution is -0.138. The van der Waals surface area contributed by atoms with E-state index in [-0.39, 0.29) is 56.5 Å². The number of allylic oxidation sites excluding steroid dienone is 2. The van der Waals surface area contributed by atoms with Gasteiger partial charge in [-0.15, -0.1) is 0 Å². The molecule has 4 aliphatic rings. The molecule has 8 heteroatoms. The molecule has 55 heavy (non-hydrogen) atoms. The van der Waals surface area contributed by atoms with Crippen LogP contribution in [0.1, 0.15) is 99.0 Å². The van der Waals surface area contributed by atoms with E-state index in [1.165, 1.54) is 0 Å². The minimum atomic E-state index is -1.04. The molecule has 8 nitrogen and oxygen atoms in total. The fraction of sp³-hybridized carbons (Fsp3) is 0.191. The van der Waals surface area contributed by atoms with E-state index in [9.17, 15) is 29.4 Å². The summed E-state index contributed by atoms with van der Waals surface area (Å²) in [7, 11) is 0. The third-order valence-electron chi connectivity index (χ3n) is 12.4. The molecular weight excluding hydrogens is 689 g/mol. The van der Waals surface area contributed by atoms with E-state index in [2.05, 4.69) is 12.1 Å². The van der Waals surface area contributed by atoms with Gasteiger partial charge in [-0.1, -0.05) is 85.0 Å². The third-order valence-corrected chi connectivity index (χ3v) is 12.4. The van der Waals surface area contributed by atoms with Crippen LogP contribution in [0.3, 0.4) is 0 Å². The summed E-state index contributed by atoms with van der Waals surface area (Å²) in [5.74, 6) is -2.00. The normalized spacial score (nSPS) is 19.9. The van der Waals surface area contributed by atoms with Crippen LogP contribution in [0.4, 0.5) is 0 Å². The summed E-state index contributed by atoms with van der Waals surface area (Å²) in [4.78, 5) is 63.7. The van der Waals surface area contributed by atoms with Gasteiger partial charge in [-0.25, -0.2) is 9.97 Å². The highest BCUT2D eigenvalue weighted by Crippen LogP contribution is 2.63. The van der Waals surface area contributed by atoms with E-state index in [1.54, 1.807) is 0 Å². The first-order valence-electron chi connectivity index (χ1n) is 18.7. The number of hydrogen-bond donors (Lipinski definition) is 2. The zero-order valence-corrected chi connectivity index (χ0v) is 29.8. The van der Waals surface area contributed by atoms with Gasteiger partial charge in [0.15, 0.2) is 11.6 Å². The molecule has 0 bridgehead atoms. The van der Waals surface area contributed by atoms with Gasteiger partial charge in [0, 0.05) is 69.5 Å². The number of hydrogen-bond acceptors (Lipinski definition) is 6. The second kappa shape index (κ2) is 12.0. The van der Waals surface area contributed by atoms with Crippen molar-refractivity contribution in [2.24, 2.45) is 0 Å². The van der Waals surface area contributed by atoms with Crippen LogP contribution in [0.2, 0.25) is 0 Å². The first-order chi connectivity index (χ1) is 26.7. The highest BCUT2D eigenvalue weighted by atomic mass is 16.4. The Morgan fingerprint density at radius 3 is 1.44 bits per heavy atom. The molecule has 0 radical (unpaired) electrons. The third kappa shape index (κ3) is 4.77. The van der Waals surface area contributed by atoms with Gasteiger partial charge >= 0.3 is 11.9 Å². The molecule has 0 saturated carbocycles. The molecule has 10 rings (SSSR count). The molecule has 4 aromatic carbocycles. The van der Waals surface area contributed by atoms with Crippen LogP contribution in [-0.4, -0.2) is 43.7 Å². The number of ketones is 2. The van der Waals surface area contributed by atoms with E-state index in [4.69, 9.17) is 9.97 Å². The summed E-state index contributed by atoms with van der Waals surface area (Å²) in [5, 5.41) is 22.5. The zero-order chi connectivity index (χ0) is 37.6. The number of aromatic nitrogens is 2. The Bertz CT molecular complexity index is 2620. The van der Waals surface area contributed by atoms with Gasteiger partial charge in [0.2, 0.25) is 0 Å². The number of rotatable bonds is 8. The topological polar surface area (TPSA) is 135 Å². The summed E-state index contributed by atoms with van der Waals surface area (Å²) in [5.41, 5.74) is 8.12. The number of pyridine rings is 2. The summed E-state index contributed by atoms with van der Waals surface area (Å²) in [6.07, 6.45) is 8.33. The summed E-state index contributed by atoms with van der Waals surface area (Å²) >= 11 is 0. The van der Waals surface area contributed by atoms with Gasteiger partial charge in [0.25, 0.3) is 0 Å². The standard InChI is InChI=1S/C47H34N2O6/c50-36-13-5-9-26-15-17-30-42(40(26)36)44-32(23-28-7-1-3-11-34(28)48-44)46(30,21-19-38(52)53)25-47(22-20-39(54)55)31-18-16-27-10-6-14-37(51)41(27)43(31)45-33(47)24-29-8-2-4-12-35(29)49-45/h1-12,15-18,23-24H,13-14,19-22,25H2,(H,52,53)(H,54,55). The Hall–Kier alpha value is -6.54. The van der Waals surface area contributed by atoms with E-state index in [0.29, 0.717) is 33.6 Å². The molecule has 2 heterocycles. The average molecular weight is 723 g/mol. The minimum Gasteiger partial charge on any atom is -0.481 e. The Kier molecular flexibility index (Phi) is 7.20. The molecule has 2 aromatic heterocycles. The highest BCUT2D eigenvalue weighted by Gasteiger charge is 2.55. The lowest BCUT2D eigenvalue weighted by Crippen LogP contribution is -2.39. The van der Waals surface area contributed by atoms with E-state index in [1.807, 2.05) is 97.1 Å². The first-order valence-corrected chi connectivity index (χ1v) is 18.7. The molecule has 4 aliphatic carbocycles. The predicted octanol–water partition coefficient (Wildman–Crippen LogP) is 9.34. The number of carbonyl (C=O) groups excluding carboxylic acids is 2. The molecule has 6 aromatic rings. The van der Waals surface area contributed by atoms with Crippen LogP contribution >= 0.6 is 0 Å². The van der Waals surface area contributed by atoms with Crippen LogP contribution < -0.4 is 0 Å². The quantitative estimate of drug-likeness (QED) is 0.159. The van der Waals surface area contributed by atoms with Crippen molar-refractivity contribution in [2.45, 2.75) is 55.8 Å². The van der Waals surface area contributed by atoms with E-state index < -0.39 is 22.8 Å². The van der Waals surface area contributed by atoms with Gasteiger partial charge in [0.05, 0.1) is 22.4 Å². The molecule has 0 spiro atoms. The van der Waals surface area contributed by atoms with Gasteiger partial charge in [-0.05, 0) is 76.9 Å². The summed E-state index contributed by atoms with van der Waals surface area (Å²) < 4.78 is 0. The van der Waals surface area contributed by atoms with Crippen molar-refractivity contribution in [3.05, 3.63) is 142 Å². The molecule has 0 amide bonds. The number of carbonyl (C=O) groups is 4. The number of carboxylic acid groups (broad SMARTS) is 2. The number of para-hydroxylation sites is 2. The van der Waals surface area contributed by atoms with Crippen LogP contribution in [0.5, 0.6) is 0 Å². The summed E-state index contributed by atoms with van der Waals surface area (Å²) in [6.45, 7) is 0. The molecular formula is C47H34N2O6. The maximum Gasteiger partial charge on any atom is 0.303 e. The largest absolute Gasteiger partial charge is 0.481 e. The van der Waals surface area contributed by atoms with Crippen molar-refractivity contribution in [1.29, 1.82) is 0 Å². The number of benzene rings is 4. The Morgan fingerprint density at radius 2 is 1.00 bits per heavy atom. The Balaban J connectivity index is 1.34. The summed E-state index contributed by atoms with van der Waals surface area (Å²) in [6, 6.07) is 27.7. The lowest BCUT2D eigenvalue weighted by atomic mass is 9.59. The van der Waals surface area contributed by atoms with Crippen LogP contribution in [-0.2, 0) is 20.4 Å². The zero-order valence-electron chi connectivity index (χ0n) is 29.8. The van der Waals surface area contributed by atoms with Crippen LogP contribution in [0.25, 0.3) is 56.5 Å². The Morgan fingerprint density at radius 1 is 0.564 bits per heavy atom. The number of nitrogens with zero attached hydrogens (tertiary/aromatic N) is 2.